The third kappa shape index (κ3) is 4.18. The van der Waals surface area contributed by atoms with Gasteiger partial charge in [-0.2, -0.15) is 0 Å². The van der Waals surface area contributed by atoms with Gasteiger partial charge in [-0.05, 0) is 50.3 Å². The Morgan fingerprint density at radius 3 is 2.22 bits per heavy atom. The van der Waals surface area contributed by atoms with Crippen molar-refractivity contribution in [3.05, 3.63) is 33.8 Å². The molecule has 1 fully saturated rings. The minimum absolute atomic E-state index is 0.0624. The average Bonchev–Trinajstić information content (AvgIpc) is 2.55. The molecule has 1 aliphatic rings. The average molecular weight is 358 g/mol. The summed E-state index contributed by atoms with van der Waals surface area (Å²) in [6.45, 7) is 1.94. The first-order chi connectivity index (χ1) is 10.8. The molecule has 23 heavy (non-hydrogen) atoms. The third-order valence-corrected chi connectivity index (χ3v) is 5.52. The molecule has 4 nitrogen and oxygen atoms in total. The zero-order valence-corrected chi connectivity index (χ0v) is 14.8. The Bertz CT molecular complexity index is 598. The molecule has 1 unspecified atom stereocenters. The van der Waals surface area contributed by atoms with E-state index in [1.165, 1.54) is 0 Å². The lowest BCUT2D eigenvalue weighted by molar-refractivity contribution is -0.145. The van der Waals surface area contributed by atoms with Gasteiger partial charge in [-0.15, -0.1) is 0 Å². The molecule has 0 aromatic heterocycles. The van der Waals surface area contributed by atoms with Crippen molar-refractivity contribution in [3.63, 3.8) is 0 Å². The number of aliphatic carboxylic acids is 1. The molecule has 0 bridgehead atoms. The van der Waals surface area contributed by atoms with Gasteiger partial charge in [0.1, 0.15) is 0 Å². The fourth-order valence-corrected chi connectivity index (χ4v) is 3.37. The van der Waals surface area contributed by atoms with Crippen LogP contribution in [0.15, 0.2) is 18.2 Å². The molecule has 0 aliphatic heterocycles. The summed E-state index contributed by atoms with van der Waals surface area (Å²) in [6, 6.07) is 5.25. The summed E-state index contributed by atoms with van der Waals surface area (Å²) in [5.74, 6) is -1.10. The van der Waals surface area contributed by atoms with E-state index in [1.807, 2.05) is 13.0 Å². The van der Waals surface area contributed by atoms with Gasteiger partial charge in [0.2, 0.25) is 5.91 Å². The van der Waals surface area contributed by atoms with Crippen LogP contribution in [0.1, 0.15) is 44.2 Å². The molecule has 0 heterocycles. The number of rotatable bonds is 4. The van der Waals surface area contributed by atoms with Crippen LogP contribution in [0.4, 0.5) is 0 Å². The second kappa shape index (κ2) is 7.54. The zero-order chi connectivity index (χ0) is 17.1. The quantitative estimate of drug-likeness (QED) is 0.868. The largest absolute Gasteiger partial charge is 0.481 e. The van der Waals surface area contributed by atoms with Crippen LogP contribution in [0.2, 0.25) is 10.0 Å². The first kappa shape index (κ1) is 18.1. The highest BCUT2D eigenvalue weighted by Gasteiger charge is 2.32. The lowest BCUT2D eigenvalue weighted by Crippen LogP contribution is -2.37. The number of carboxylic acid groups (broad SMARTS) is 1. The standard InChI is InChI=1S/C17H21Cl2NO3/c1-10(13-7-8-14(18)15(19)9-13)20(2)16(21)11-3-5-12(6-4-11)17(22)23/h7-12H,3-6H2,1-2H3,(H,22,23). The maximum absolute atomic E-state index is 12.7. The number of hydrogen-bond acceptors (Lipinski definition) is 2. The van der Waals surface area contributed by atoms with E-state index in [0.29, 0.717) is 35.7 Å². The summed E-state index contributed by atoms with van der Waals surface area (Å²) < 4.78 is 0. The molecule has 1 amide bonds. The maximum Gasteiger partial charge on any atom is 0.306 e. The molecule has 1 aromatic carbocycles. The lowest BCUT2D eigenvalue weighted by Gasteiger charge is -2.32. The Morgan fingerprint density at radius 2 is 1.70 bits per heavy atom. The highest BCUT2D eigenvalue weighted by atomic mass is 35.5. The van der Waals surface area contributed by atoms with Crippen LogP contribution in [0.5, 0.6) is 0 Å². The van der Waals surface area contributed by atoms with Gasteiger partial charge >= 0.3 is 5.97 Å². The Kier molecular flexibility index (Phi) is 5.93. The van der Waals surface area contributed by atoms with E-state index < -0.39 is 5.97 Å². The molecule has 2 rings (SSSR count). The topological polar surface area (TPSA) is 57.6 Å². The zero-order valence-electron chi connectivity index (χ0n) is 13.3. The van der Waals surface area contributed by atoms with E-state index >= 15 is 0 Å². The SMILES string of the molecule is CC(c1ccc(Cl)c(Cl)c1)N(C)C(=O)C1CCC(C(=O)O)CC1. The van der Waals surface area contributed by atoms with E-state index in [2.05, 4.69) is 0 Å². The van der Waals surface area contributed by atoms with Crippen LogP contribution >= 0.6 is 23.2 Å². The van der Waals surface area contributed by atoms with Crippen LogP contribution in [-0.4, -0.2) is 28.9 Å². The summed E-state index contributed by atoms with van der Waals surface area (Å²) >= 11 is 12.0. The molecule has 126 valence electrons. The minimum Gasteiger partial charge on any atom is -0.481 e. The van der Waals surface area contributed by atoms with E-state index in [-0.39, 0.29) is 23.8 Å². The Balaban J connectivity index is 2.01. The normalized spacial score (nSPS) is 22.4. The van der Waals surface area contributed by atoms with E-state index in [1.54, 1.807) is 24.1 Å². The van der Waals surface area contributed by atoms with Crippen molar-refractivity contribution in [3.8, 4) is 0 Å². The molecule has 1 saturated carbocycles. The number of hydrogen-bond donors (Lipinski definition) is 1. The van der Waals surface area contributed by atoms with Crippen molar-refractivity contribution in [1.29, 1.82) is 0 Å². The first-order valence-electron chi connectivity index (χ1n) is 7.75. The molecule has 0 saturated heterocycles. The fourth-order valence-electron chi connectivity index (χ4n) is 3.06. The molecule has 1 N–H and O–H groups in total. The summed E-state index contributed by atoms with van der Waals surface area (Å²) in [5, 5.41) is 10.00. The Hall–Kier alpha value is -1.26. The molecule has 1 aliphatic carbocycles. The third-order valence-electron chi connectivity index (χ3n) is 4.78. The van der Waals surface area contributed by atoms with Crippen molar-refractivity contribution < 1.29 is 14.7 Å². The lowest BCUT2D eigenvalue weighted by atomic mass is 9.81. The molecule has 1 atom stereocenters. The van der Waals surface area contributed by atoms with Crippen LogP contribution in [0.3, 0.4) is 0 Å². The summed E-state index contributed by atoms with van der Waals surface area (Å²) in [5.41, 5.74) is 0.925. The highest BCUT2D eigenvalue weighted by Crippen LogP contribution is 2.33. The van der Waals surface area contributed by atoms with Crippen LogP contribution in [0, 0.1) is 11.8 Å². The molecule has 1 aromatic rings. The van der Waals surface area contributed by atoms with Crippen LogP contribution < -0.4 is 0 Å². The van der Waals surface area contributed by atoms with Gasteiger partial charge in [-0.3, -0.25) is 9.59 Å². The van der Waals surface area contributed by atoms with Crippen molar-refractivity contribution in [2.45, 2.75) is 38.6 Å². The molecule has 0 spiro atoms. The van der Waals surface area contributed by atoms with Gasteiger partial charge < -0.3 is 10.0 Å². The molecular weight excluding hydrogens is 337 g/mol. The van der Waals surface area contributed by atoms with E-state index in [0.717, 1.165) is 5.56 Å². The van der Waals surface area contributed by atoms with Crippen molar-refractivity contribution >= 4 is 35.1 Å². The predicted octanol–water partition coefficient (Wildman–Crippen LogP) is 4.40. The van der Waals surface area contributed by atoms with Gasteiger partial charge in [0.15, 0.2) is 0 Å². The van der Waals surface area contributed by atoms with Gasteiger partial charge in [-0.1, -0.05) is 29.3 Å². The number of nitrogens with zero attached hydrogens (tertiary/aromatic N) is 1. The second-order valence-corrected chi connectivity index (χ2v) is 7.00. The molecular formula is C17H21Cl2NO3. The summed E-state index contributed by atoms with van der Waals surface area (Å²) in [4.78, 5) is 25.4. The van der Waals surface area contributed by atoms with Crippen molar-refractivity contribution in [1.82, 2.24) is 4.90 Å². The van der Waals surface area contributed by atoms with Crippen LogP contribution in [-0.2, 0) is 9.59 Å². The minimum atomic E-state index is -0.756. The first-order valence-corrected chi connectivity index (χ1v) is 8.51. The summed E-state index contributed by atoms with van der Waals surface area (Å²) in [6.07, 6.45) is 2.41. The van der Waals surface area contributed by atoms with Gasteiger partial charge in [0, 0.05) is 13.0 Å². The number of amides is 1. The second-order valence-electron chi connectivity index (χ2n) is 6.19. The van der Waals surface area contributed by atoms with Gasteiger partial charge in [0.05, 0.1) is 22.0 Å². The van der Waals surface area contributed by atoms with E-state index in [4.69, 9.17) is 28.3 Å². The smallest absolute Gasteiger partial charge is 0.306 e. The monoisotopic (exact) mass is 357 g/mol. The Morgan fingerprint density at radius 1 is 1.13 bits per heavy atom. The number of benzene rings is 1. The maximum atomic E-state index is 12.7. The molecule has 6 heteroatoms. The van der Waals surface area contributed by atoms with Crippen LogP contribution in [0.25, 0.3) is 0 Å². The number of halogens is 2. The number of carboxylic acids is 1. The number of carbonyl (C=O) groups is 2. The highest BCUT2D eigenvalue weighted by molar-refractivity contribution is 6.42. The Labute approximate surface area is 146 Å². The summed E-state index contributed by atoms with van der Waals surface area (Å²) in [7, 11) is 1.78. The van der Waals surface area contributed by atoms with Gasteiger partial charge in [0.25, 0.3) is 0 Å². The van der Waals surface area contributed by atoms with Crippen molar-refractivity contribution in [2.75, 3.05) is 7.05 Å². The molecule has 0 radical (unpaired) electrons. The van der Waals surface area contributed by atoms with Gasteiger partial charge in [-0.25, -0.2) is 0 Å². The number of carbonyl (C=O) groups excluding carboxylic acids is 1. The van der Waals surface area contributed by atoms with E-state index in [9.17, 15) is 9.59 Å². The van der Waals surface area contributed by atoms with Crippen molar-refractivity contribution in [2.24, 2.45) is 11.8 Å². The fraction of sp³-hybridized carbons (Fsp3) is 0.529. The predicted molar refractivity (Wildman–Crippen MR) is 90.7 cm³/mol.